The third-order valence-electron chi connectivity index (χ3n) is 0.0373. The van der Waals surface area contributed by atoms with Crippen LogP contribution in [0.5, 0.6) is 0 Å². The van der Waals surface area contributed by atoms with E-state index < -0.39 is 0 Å². The molecule has 0 fully saturated rings. The van der Waals surface area contributed by atoms with Crippen LogP contribution in [0.25, 0.3) is 0 Å². The van der Waals surface area contributed by atoms with Gasteiger partial charge in [-0.25, -0.2) is 5.26 Å². The third kappa shape index (κ3) is 20.6. The first-order chi connectivity index (χ1) is 1.91. The summed E-state index contributed by atoms with van der Waals surface area (Å²) in [6.07, 6.45) is 0. The minimum absolute atomic E-state index is 0. The fraction of sp³-hybridized carbons (Fsp3) is 0. The summed E-state index contributed by atoms with van der Waals surface area (Å²) in [4.78, 5) is 11.3. The van der Waals surface area contributed by atoms with Gasteiger partial charge in [0.25, 0.3) is 0 Å². The molecule has 0 saturated heterocycles. The molecule has 0 saturated carbocycles. The second kappa shape index (κ2) is 16.8. The SMILES string of the molecule is O=[C-]OO.[Ag+].[Ag]. The molecule has 0 unspecified atom stereocenters. The van der Waals surface area contributed by atoms with E-state index in [2.05, 4.69) is 4.89 Å². The Hall–Kier alpha value is 0.911. The van der Waals surface area contributed by atoms with E-state index in [0.29, 0.717) is 0 Å². The van der Waals surface area contributed by atoms with Gasteiger partial charge >= 0.3 is 22.4 Å². The van der Waals surface area contributed by atoms with Gasteiger partial charge < -0.3 is 9.68 Å². The van der Waals surface area contributed by atoms with Crippen molar-refractivity contribution in [3.63, 3.8) is 0 Å². The molecule has 0 spiro atoms. The van der Waals surface area contributed by atoms with E-state index in [1.165, 1.54) is 0 Å². The molecule has 0 aromatic heterocycles. The maximum absolute atomic E-state index is 8.58. The monoisotopic (exact) mass is 275 g/mol. The standard InChI is InChI=1S/CHO3.2Ag/c2-1-4-3;;/h3H;;/q-1;;+1. The van der Waals surface area contributed by atoms with Crippen molar-refractivity contribution in [3.8, 4) is 0 Å². The Bertz CT molecular complexity index is 22.8. The van der Waals surface area contributed by atoms with Crippen LogP contribution in [0.15, 0.2) is 0 Å². The van der Waals surface area contributed by atoms with Crippen molar-refractivity contribution in [2.75, 3.05) is 0 Å². The van der Waals surface area contributed by atoms with Gasteiger partial charge in [0.2, 0.25) is 0 Å². The Morgan fingerprint density at radius 2 is 1.83 bits per heavy atom. The molecule has 0 rings (SSSR count). The molecule has 1 N–H and O–H groups in total. The van der Waals surface area contributed by atoms with Crippen LogP contribution in [0.1, 0.15) is 0 Å². The first kappa shape index (κ1) is 15.8. The molecule has 45 valence electrons. The zero-order valence-corrected chi connectivity index (χ0v) is 5.33. The molecular formula is CHAg2O3. The first-order valence-electron chi connectivity index (χ1n) is 0.591. The van der Waals surface area contributed by atoms with E-state index in [4.69, 9.17) is 10.1 Å². The van der Waals surface area contributed by atoms with Crippen molar-refractivity contribution in [1.29, 1.82) is 0 Å². The van der Waals surface area contributed by atoms with E-state index in [9.17, 15) is 0 Å². The van der Waals surface area contributed by atoms with Gasteiger partial charge in [-0.3, -0.25) is 0 Å². The van der Waals surface area contributed by atoms with Crippen LogP contribution >= 0.6 is 0 Å². The van der Waals surface area contributed by atoms with Gasteiger partial charge in [-0.2, -0.15) is 0 Å². The van der Waals surface area contributed by atoms with Crippen molar-refractivity contribution in [2.45, 2.75) is 0 Å². The first-order valence-corrected chi connectivity index (χ1v) is 0.591. The maximum atomic E-state index is 8.58. The Balaban J connectivity index is -0.0000000450. The molecule has 0 aliphatic rings. The van der Waals surface area contributed by atoms with E-state index in [0.717, 1.165) is 6.47 Å². The van der Waals surface area contributed by atoms with Crippen molar-refractivity contribution in [3.05, 3.63) is 0 Å². The van der Waals surface area contributed by atoms with E-state index in [1.54, 1.807) is 0 Å². The Kier molecular flexibility index (Phi) is 44.3. The van der Waals surface area contributed by atoms with Crippen LogP contribution in [0.3, 0.4) is 0 Å². The van der Waals surface area contributed by atoms with Gasteiger partial charge in [-0.1, -0.05) is 0 Å². The zero-order valence-electron chi connectivity index (χ0n) is 2.37. The van der Waals surface area contributed by atoms with Gasteiger partial charge in [0, 0.05) is 22.4 Å². The quantitative estimate of drug-likeness (QED) is 0.305. The number of rotatable bonds is 1. The Morgan fingerprint density at radius 3 is 1.83 bits per heavy atom. The van der Waals surface area contributed by atoms with Crippen molar-refractivity contribution in [2.24, 2.45) is 0 Å². The Labute approximate surface area is 66.0 Å². The molecule has 5 heteroatoms. The molecular weight excluding hydrogens is 276 g/mol. The Morgan fingerprint density at radius 1 is 1.67 bits per heavy atom. The molecule has 6 heavy (non-hydrogen) atoms. The predicted molar refractivity (Wildman–Crippen MR) is 9.41 cm³/mol. The largest absolute Gasteiger partial charge is 1.00 e. The van der Waals surface area contributed by atoms with Crippen molar-refractivity contribution in [1.82, 2.24) is 0 Å². The smallest absolute Gasteiger partial charge is 0.509 e. The summed E-state index contributed by atoms with van der Waals surface area (Å²) in [5, 5.41) is 6.95. The van der Waals surface area contributed by atoms with Crippen LogP contribution in [-0.2, 0) is 54.4 Å². The maximum Gasteiger partial charge on any atom is 1.00 e. The summed E-state index contributed by atoms with van der Waals surface area (Å²) in [6.45, 7) is 0.736. The molecule has 3 nitrogen and oxygen atoms in total. The summed E-state index contributed by atoms with van der Waals surface area (Å²) in [5.41, 5.74) is 0. The molecule has 0 heterocycles. The summed E-state index contributed by atoms with van der Waals surface area (Å²) in [5.74, 6) is 0. The average molecular weight is 277 g/mol. The van der Waals surface area contributed by atoms with Gasteiger partial charge in [0.05, 0.1) is 0 Å². The summed E-state index contributed by atoms with van der Waals surface area (Å²) in [6, 6.07) is 0. The van der Waals surface area contributed by atoms with Crippen LogP contribution < -0.4 is 0 Å². The molecule has 1 radical (unpaired) electrons. The van der Waals surface area contributed by atoms with Crippen LogP contribution in [-0.4, -0.2) is 11.7 Å². The predicted octanol–water partition coefficient (Wildman–Crippen LogP) is -0.462. The number of hydrogen-bond donors (Lipinski definition) is 1. The van der Waals surface area contributed by atoms with E-state index >= 15 is 0 Å². The minimum atomic E-state index is 0. The third-order valence-corrected chi connectivity index (χ3v) is 0.0373. The molecule has 0 atom stereocenters. The van der Waals surface area contributed by atoms with Crippen molar-refractivity contribution < 1.29 is 59.7 Å². The second-order valence-corrected chi connectivity index (χ2v) is 0.175. The normalized spacial score (nSPS) is 3.50. The second-order valence-electron chi connectivity index (χ2n) is 0.175. The number of hydrogen-bond acceptors (Lipinski definition) is 3. The topological polar surface area (TPSA) is 46.5 Å². The van der Waals surface area contributed by atoms with Crippen LogP contribution in [0, 0.1) is 0 Å². The van der Waals surface area contributed by atoms with E-state index in [1.807, 2.05) is 0 Å². The molecule has 0 aliphatic carbocycles. The van der Waals surface area contributed by atoms with Gasteiger partial charge in [-0.05, 0) is 6.47 Å². The molecule has 0 aromatic rings. The fourth-order valence-electron chi connectivity index (χ4n) is 0. The molecule has 0 aromatic carbocycles. The van der Waals surface area contributed by atoms with Gasteiger partial charge in [-0.15, -0.1) is 0 Å². The van der Waals surface area contributed by atoms with Gasteiger partial charge in [0.15, 0.2) is 0 Å². The fourth-order valence-corrected chi connectivity index (χ4v) is 0. The summed E-state index contributed by atoms with van der Waals surface area (Å²) >= 11 is 0. The number of carbonyl (C=O) groups excluding carboxylic acids is 1. The van der Waals surface area contributed by atoms with E-state index in [-0.39, 0.29) is 44.8 Å². The minimum Gasteiger partial charge on any atom is -0.509 e. The van der Waals surface area contributed by atoms with Crippen LogP contribution in [0.2, 0.25) is 0 Å². The van der Waals surface area contributed by atoms with Gasteiger partial charge in [0.1, 0.15) is 0 Å². The summed E-state index contributed by atoms with van der Waals surface area (Å²) < 4.78 is 0. The molecule has 0 bridgehead atoms. The van der Waals surface area contributed by atoms with Crippen molar-refractivity contribution >= 4 is 6.47 Å². The molecule has 0 aliphatic heterocycles. The zero-order chi connectivity index (χ0) is 3.41. The molecule has 0 amide bonds. The average Bonchev–Trinajstić information content (AvgIpc) is 1.37. The summed E-state index contributed by atoms with van der Waals surface area (Å²) in [7, 11) is 0. The van der Waals surface area contributed by atoms with Crippen LogP contribution in [0.4, 0.5) is 0 Å².